The number of hydrogen-bond acceptors (Lipinski definition) is 6. The molecule has 0 aromatic rings. The zero-order chi connectivity index (χ0) is 15.6. The minimum absolute atomic E-state index is 0.0480. The average molecular weight is 316 g/mol. The Hall–Kier alpha value is -1.84. The Bertz CT molecular complexity index is 568. The second kappa shape index (κ2) is 6.29. The van der Waals surface area contributed by atoms with E-state index in [4.69, 9.17) is 4.74 Å². The topological polar surface area (TPSA) is 125 Å². The second-order valence-corrected chi connectivity index (χ2v) is 6.59. The first-order valence-electron chi connectivity index (χ1n) is 6.22. The van der Waals surface area contributed by atoms with Crippen LogP contribution >= 0.6 is 10.9 Å². The summed E-state index contributed by atoms with van der Waals surface area (Å²) in [6.07, 6.45) is 0.355. The van der Waals surface area contributed by atoms with E-state index in [1.165, 1.54) is 6.92 Å². The van der Waals surface area contributed by atoms with Gasteiger partial charge in [-0.15, -0.1) is 0 Å². The van der Waals surface area contributed by atoms with Crippen molar-refractivity contribution in [2.45, 2.75) is 13.3 Å². The van der Waals surface area contributed by atoms with Gasteiger partial charge in [0, 0.05) is 4.91 Å². The molecule has 1 unspecified atom stereocenters. The molecule has 0 spiro atoms. The Morgan fingerprint density at radius 1 is 1.38 bits per heavy atom. The van der Waals surface area contributed by atoms with Gasteiger partial charge in [-0.2, -0.15) is 0 Å². The molecular weight excluding hydrogens is 300 g/mol. The number of hydrogen-bond donors (Lipinski definition) is 5. The number of aliphatic carboxylic acids is 1. The van der Waals surface area contributed by atoms with Crippen LogP contribution in [0.25, 0.3) is 0 Å². The number of carboxylic acid groups (broad SMARTS) is 1. The number of aliphatic hydroxyl groups is 1. The van der Waals surface area contributed by atoms with Crippen molar-refractivity contribution >= 4 is 27.9 Å². The highest BCUT2D eigenvalue weighted by molar-refractivity contribution is 8.35. The number of thiol groups is 1. The first kappa shape index (κ1) is 15.5. The Kier molecular flexibility index (Phi) is 4.66. The van der Waals surface area contributed by atoms with Gasteiger partial charge in [-0.3, -0.25) is 15.0 Å². The molecule has 2 aliphatic rings. The lowest BCUT2D eigenvalue weighted by Gasteiger charge is -2.22. The molecule has 21 heavy (non-hydrogen) atoms. The summed E-state index contributed by atoms with van der Waals surface area (Å²) in [5, 5.41) is 18.3. The summed E-state index contributed by atoms with van der Waals surface area (Å²) < 4.78 is 5.26. The molecule has 0 aliphatic carbocycles. The van der Waals surface area contributed by atoms with Crippen LogP contribution in [0.15, 0.2) is 21.1 Å². The normalized spacial score (nSPS) is 23.0. The van der Waals surface area contributed by atoms with Crippen molar-refractivity contribution in [3.8, 4) is 0 Å². The van der Waals surface area contributed by atoms with Crippen LogP contribution in [0, 0.1) is 0 Å². The van der Waals surface area contributed by atoms with Crippen molar-refractivity contribution < 1.29 is 29.3 Å². The number of carbonyl (C=O) groups is 3. The molecule has 1 atom stereocenters. The smallest absolute Gasteiger partial charge is 0.340 e. The predicted octanol–water partition coefficient (Wildman–Crippen LogP) is 0.333. The third-order valence-electron chi connectivity index (χ3n) is 3.04. The lowest BCUT2D eigenvalue weighted by Crippen LogP contribution is -2.39. The van der Waals surface area contributed by atoms with E-state index in [2.05, 4.69) is 10.9 Å². The third-order valence-corrected chi connectivity index (χ3v) is 5.14. The van der Waals surface area contributed by atoms with Crippen molar-refractivity contribution in [3.63, 3.8) is 0 Å². The largest absolute Gasteiger partial charge is 0.502 e. The molecule has 9 heteroatoms. The minimum atomic E-state index is -1.84. The molecule has 0 radical (unpaired) electrons. The van der Waals surface area contributed by atoms with E-state index in [0.717, 1.165) is 0 Å². The molecule has 8 nitrogen and oxygen atoms in total. The highest BCUT2D eigenvalue weighted by Gasteiger charge is 2.39. The average Bonchev–Trinajstić information content (AvgIpc) is 2.70. The standard InChI is InChI=1S/C12H16N2O6S/c1-6(15)4-13-14-12(19)21-8-5-20-3-2-7(8)9(10(16)17)11(21)18/h13,18,21H,2-5H2,1H3,(H,14,19)(H,16,17). The molecule has 0 saturated carbocycles. The lowest BCUT2D eigenvalue weighted by molar-refractivity contribution is -0.132. The molecule has 1 amide bonds. The Morgan fingerprint density at radius 3 is 2.71 bits per heavy atom. The van der Waals surface area contributed by atoms with Crippen LogP contribution in [-0.4, -0.2) is 47.0 Å². The van der Waals surface area contributed by atoms with Gasteiger partial charge in [0.05, 0.1) is 19.8 Å². The number of carbonyl (C=O) groups excluding carboxylic acids is 2. The fourth-order valence-electron chi connectivity index (χ4n) is 2.16. The number of aliphatic hydroxyl groups excluding tert-OH is 1. The van der Waals surface area contributed by atoms with E-state index in [1.54, 1.807) is 0 Å². The maximum Gasteiger partial charge on any atom is 0.340 e. The molecule has 2 heterocycles. The Balaban J connectivity index is 2.21. The van der Waals surface area contributed by atoms with Crippen LogP contribution in [0.4, 0.5) is 4.79 Å². The van der Waals surface area contributed by atoms with E-state index in [9.17, 15) is 24.6 Å². The van der Waals surface area contributed by atoms with Crippen LogP contribution in [0.5, 0.6) is 0 Å². The molecule has 0 bridgehead atoms. The van der Waals surface area contributed by atoms with Gasteiger partial charge in [0.15, 0.2) is 5.09 Å². The van der Waals surface area contributed by atoms with Gasteiger partial charge in [0.25, 0.3) is 5.24 Å². The molecular formula is C12H16N2O6S. The summed E-state index contributed by atoms with van der Waals surface area (Å²) in [4.78, 5) is 34.7. The molecule has 116 valence electrons. The molecule has 4 N–H and O–H groups in total. The number of hydrazine groups is 1. The molecule has 0 aromatic carbocycles. The van der Waals surface area contributed by atoms with Crippen LogP contribution in [-0.2, 0) is 14.3 Å². The van der Waals surface area contributed by atoms with E-state index in [-0.39, 0.29) is 24.5 Å². The molecule has 0 fully saturated rings. The van der Waals surface area contributed by atoms with E-state index >= 15 is 0 Å². The number of amides is 1. The number of ether oxygens (including phenoxy) is 1. The van der Waals surface area contributed by atoms with Crippen molar-refractivity contribution in [1.29, 1.82) is 0 Å². The highest BCUT2D eigenvalue weighted by atomic mass is 32.2. The first-order chi connectivity index (χ1) is 9.93. The molecule has 2 rings (SSSR count). The Labute approximate surface area is 123 Å². The van der Waals surface area contributed by atoms with Gasteiger partial charge in [0.1, 0.15) is 11.4 Å². The van der Waals surface area contributed by atoms with Crippen molar-refractivity contribution in [2.24, 2.45) is 0 Å². The van der Waals surface area contributed by atoms with E-state index in [1.807, 2.05) is 0 Å². The number of Topliss-reactive ketones (excluding diaryl/α,β-unsaturated/α-hetero) is 1. The molecule has 2 aliphatic heterocycles. The number of carboxylic acids is 1. The van der Waals surface area contributed by atoms with Gasteiger partial charge >= 0.3 is 5.97 Å². The number of nitrogens with one attached hydrogen (secondary N) is 2. The summed E-state index contributed by atoms with van der Waals surface area (Å²) >= 11 is 0. The van der Waals surface area contributed by atoms with Crippen molar-refractivity contribution in [3.05, 3.63) is 21.1 Å². The van der Waals surface area contributed by atoms with Crippen molar-refractivity contribution in [2.75, 3.05) is 19.8 Å². The SMILES string of the molecule is CC(=O)CNNC(=O)[SH]1C(O)=C(C(=O)O)C2=C1COCC2. The van der Waals surface area contributed by atoms with Crippen LogP contribution in [0.1, 0.15) is 13.3 Å². The maximum atomic E-state index is 12.1. The predicted molar refractivity (Wildman–Crippen MR) is 76.0 cm³/mol. The zero-order valence-corrected chi connectivity index (χ0v) is 12.2. The number of ketones is 1. The van der Waals surface area contributed by atoms with Gasteiger partial charge < -0.3 is 14.9 Å². The summed E-state index contributed by atoms with van der Waals surface area (Å²) in [7, 11) is -1.84. The maximum absolute atomic E-state index is 12.1. The van der Waals surface area contributed by atoms with Gasteiger partial charge in [-0.1, -0.05) is 10.9 Å². The molecule has 0 saturated heterocycles. The van der Waals surface area contributed by atoms with E-state index in [0.29, 0.717) is 23.5 Å². The summed E-state index contributed by atoms with van der Waals surface area (Å²) in [6, 6.07) is 0. The van der Waals surface area contributed by atoms with Gasteiger partial charge in [-0.05, 0) is 18.9 Å². The lowest BCUT2D eigenvalue weighted by atomic mass is 10.0. The van der Waals surface area contributed by atoms with Crippen molar-refractivity contribution in [1.82, 2.24) is 10.9 Å². The van der Waals surface area contributed by atoms with E-state index < -0.39 is 27.2 Å². The Morgan fingerprint density at radius 2 is 2.10 bits per heavy atom. The third kappa shape index (κ3) is 3.09. The highest BCUT2D eigenvalue weighted by Crippen LogP contribution is 2.54. The van der Waals surface area contributed by atoms with Crippen LogP contribution in [0.3, 0.4) is 0 Å². The fourth-order valence-corrected chi connectivity index (χ4v) is 4.21. The van der Waals surface area contributed by atoms with Gasteiger partial charge in [0.2, 0.25) is 0 Å². The van der Waals surface area contributed by atoms with Crippen LogP contribution in [0.2, 0.25) is 0 Å². The van der Waals surface area contributed by atoms with Gasteiger partial charge in [-0.25, -0.2) is 10.2 Å². The second-order valence-electron chi connectivity index (χ2n) is 4.55. The summed E-state index contributed by atoms with van der Waals surface area (Å²) in [5.74, 6) is -1.42. The van der Waals surface area contributed by atoms with Crippen LogP contribution < -0.4 is 10.9 Å². The zero-order valence-electron chi connectivity index (χ0n) is 11.3. The molecule has 0 aromatic heterocycles. The number of rotatable bonds is 4. The summed E-state index contributed by atoms with van der Waals surface area (Å²) in [5.41, 5.74) is 5.06. The fraction of sp³-hybridized carbons (Fsp3) is 0.417. The first-order valence-corrected chi connectivity index (χ1v) is 7.56. The quantitative estimate of drug-likeness (QED) is 0.374. The monoisotopic (exact) mass is 316 g/mol. The summed E-state index contributed by atoms with van der Waals surface area (Å²) in [6.45, 7) is 1.79. The minimum Gasteiger partial charge on any atom is -0.502 e.